The summed E-state index contributed by atoms with van der Waals surface area (Å²) in [4.78, 5) is 14.3. The van der Waals surface area contributed by atoms with Crippen molar-refractivity contribution in [2.24, 2.45) is 0 Å². The fourth-order valence-electron chi connectivity index (χ4n) is 2.56. The Morgan fingerprint density at radius 2 is 1.83 bits per heavy atom. The minimum atomic E-state index is -3.34. The number of rotatable bonds is 6. The minimum absolute atomic E-state index is 0.00248. The molecule has 2 atom stereocenters. The van der Waals surface area contributed by atoms with Crippen molar-refractivity contribution in [3.63, 3.8) is 0 Å². The molecule has 0 unspecified atom stereocenters. The molecule has 0 bridgehead atoms. The molecule has 0 aromatic heterocycles. The van der Waals surface area contributed by atoms with Crippen molar-refractivity contribution >= 4 is 39.1 Å². The predicted molar refractivity (Wildman–Crippen MR) is 97.4 cm³/mol. The van der Waals surface area contributed by atoms with Crippen LogP contribution in [0.1, 0.15) is 13.8 Å². The van der Waals surface area contributed by atoms with Gasteiger partial charge in [0, 0.05) is 23.9 Å². The third kappa shape index (κ3) is 5.65. The molecule has 1 amide bonds. The van der Waals surface area contributed by atoms with Crippen LogP contribution in [0.4, 0.5) is 0 Å². The number of hydrogen-bond acceptors (Lipinski definition) is 5. The maximum absolute atomic E-state index is 12.2. The number of ether oxygens (including phenoxy) is 1. The zero-order valence-electron chi connectivity index (χ0n) is 13.8. The highest BCUT2D eigenvalue weighted by Crippen LogP contribution is 2.17. The van der Waals surface area contributed by atoms with Gasteiger partial charge < -0.3 is 9.64 Å². The molecular formula is C16H22ClNO4S2. The molecule has 1 aromatic carbocycles. The number of amides is 1. The van der Waals surface area contributed by atoms with Gasteiger partial charge in [0.15, 0.2) is 9.84 Å². The monoisotopic (exact) mass is 391 g/mol. The van der Waals surface area contributed by atoms with Gasteiger partial charge in [-0.15, -0.1) is 0 Å². The molecule has 2 rings (SSSR count). The number of carbonyl (C=O) groups is 1. The highest BCUT2D eigenvalue weighted by molar-refractivity contribution is 8.01. The number of halogens is 1. The Balaban J connectivity index is 1.77. The number of thioether (sulfide) groups is 1. The van der Waals surface area contributed by atoms with E-state index in [0.29, 0.717) is 23.9 Å². The van der Waals surface area contributed by atoms with E-state index in [1.54, 1.807) is 17.0 Å². The summed E-state index contributed by atoms with van der Waals surface area (Å²) in [6.45, 7) is 5.07. The quantitative estimate of drug-likeness (QED) is 0.697. The van der Waals surface area contributed by atoms with Crippen molar-refractivity contribution < 1.29 is 17.9 Å². The Kier molecular flexibility index (Phi) is 6.98. The zero-order chi connectivity index (χ0) is 17.7. The minimum Gasteiger partial charge on any atom is -0.372 e. The Hall–Kier alpha value is -0.760. The van der Waals surface area contributed by atoms with E-state index in [9.17, 15) is 13.2 Å². The van der Waals surface area contributed by atoms with Crippen molar-refractivity contribution in [3.8, 4) is 0 Å². The topological polar surface area (TPSA) is 63.7 Å². The van der Waals surface area contributed by atoms with Gasteiger partial charge in [-0.05, 0) is 38.1 Å². The Morgan fingerprint density at radius 3 is 2.42 bits per heavy atom. The smallest absolute Gasteiger partial charge is 0.232 e. The lowest BCUT2D eigenvalue weighted by atomic mass is 10.2. The van der Waals surface area contributed by atoms with E-state index in [1.165, 1.54) is 23.9 Å². The van der Waals surface area contributed by atoms with Crippen LogP contribution in [-0.2, 0) is 19.4 Å². The lowest BCUT2D eigenvalue weighted by Crippen LogP contribution is -2.48. The molecule has 0 saturated carbocycles. The van der Waals surface area contributed by atoms with Crippen molar-refractivity contribution in [2.75, 3.05) is 30.3 Å². The molecule has 24 heavy (non-hydrogen) atoms. The van der Waals surface area contributed by atoms with E-state index in [1.807, 2.05) is 13.8 Å². The summed E-state index contributed by atoms with van der Waals surface area (Å²) < 4.78 is 30.0. The Labute approximate surface area is 152 Å². The van der Waals surface area contributed by atoms with Crippen LogP contribution in [0.15, 0.2) is 29.2 Å². The number of sulfone groups is 1. The van der Waals surface area contributed by atoms with Gasteiger partial charge in [-0.25, -0.2) is 8.42 Å². The SMILES string of the molecule is C[C@H]1CN(C(=O)CSCCS(=O)(=O)c2ccc(Cl)cc2)C[C@H](C)O1. The van der Waals surface area contributed by atoms with Gasteiger partial charge in [0.1, 0.15) is 0 Å². The Bertz CT molecular complexity index is 653. The molecule has 1 heterocycles. The van der Waals surface area contributed by atoms with Crippen LogP contribution < -0.4 is 0 Å². The first-order valence-electron chi connectivity index (χ1n) is 7.77. The van der Waals surface area contributed by atoms with Gasteiger partial charge >= 0.3 is 0 Å². The van der Waals surface area contributed by atoms with Crippen LogP contribution in [0.5, 0.6) is 0 Å². The maximum Gasteiger partial charge on any atom is 0.232 e. The third-order valence-electron chi connectivity index (χ3n) is 3.67. The molecule has 1 fully saturated rings. The highest BCUT2D eigenvalue weighted by atomic mass is 35.5. The zero-order valence-corrected chi connectivity index (χ0v) is 16.2. The molecule has 134 valence electrons. The summed E-state index contributed by atoms with van der Waals surface area (Å²) in [5.41, 5.74) is 0. The summed E-state index contributed by atoms with van der Waals surface area (Å²) in [5.74, 6) is 0.704. The second kappa shape index (κ2) is 8.56. The summed E-state index contributed by atoms with van der Waals surface area (Å²) in [5, 5.41) is 0.503. The first-order chi connectivity index (χ1) is 11.3. The first-order valence-corrected chi connectivity index (χ1v) is 11.0. The van der Waals surface area contributed by atoms with Crippen molar-refractivity contribution in [1.29, 1.82) is 0 Å². The van der Waals surface area contributed by atoms with Crippen molar-refractivity contribution in [2.45, 2.75) is 31.0 Å². The van der Waals surface area contributed by atoms with Crippen LogP contribution in [-0.4, -0.2) is 61.8 Å². The molecular weight excluding hydrogens is 370 g/mol. The summed E-state index contributed by atoms with van der Waals surface area (Å²) in [7, 11) is -3.34. The highest BCUT2D eigenvalue weighted by Gasteiger charge is 2.25. The second-order valence-electron chi connectivity index (χ2n) is 5.88. The van der Waals surface area contributed by atoms with Gasteiger partial charge in [0.25, 0.3) is 0 Å². The van der Waals surface area contributed by atoms with E-state index in [2.05, 4.69) is 0 Å². The van der Waals surface area contributed by atoms with E-state index < -0.39 is 9.84 Å². The first kappa shape index (κ1) is 19.6. The molecule has 1 aromatic rings. The molecule has 5 nitrogen and oxygen atoms in total. The number of nitrogens with zero attached hydrogens (tertiary/aromatic N) is 1. The van der Waals surface area contributed by atoms with Gasteiger partial charge in [0.05, 0.1) is 28.6 Å². The van der Waals surface area contributed by atoms with Crippen LogP contribution >= 0.6 is 23.4 Å². The summed E-state index contributed by atoms with van der Waals surface area (Å²) in [6, 6.07) is 6.13. The van der Waals surface area contributed by atoms with Crippen LogP contribution in [0.3, 0.4) is 0 Å². The molecule has 1 aliphatic rings. The van der Waals surface area contributed by atoms with Crippen LogP contribution in [0.2, 0.25) is 5.02 Å². The maximum atomic E-state index is 12.2. The number of hydrogen-bond donors (Lipinski definition) is 0. The molecule has 1 aliphatic heterocycles. The number of morpholine rings is 1. The van der Waals surface area contributed by atoms with Gasteiger partial charge in [0.2, 0.25) is 5.91 Å². The average molecular weight is 392 g/mol. The summed E-state index contributed by atoms with van der Waals surface area (Å²) in [6.07, 6.45) is 0.0703. The van der Waals surface area contributed by atoms with E-state index in [-0.39, 0.29) is 34.5 Å². The molecule has 0 N–H and O–H groups in total. The van der Waals surface area contributed by atoms with Gasteiger partial charge in [-0.1, -0.05) is 11.6 Å². The third-order valence-corrected chi connectivity index (χ3v) is 6.85. The van der Waals surface area contributed by atoms with E-state index >= 15 is 0 Å². The van der Waals surface area contributed by atoms with Gasteiger partial charge in [-0.3, -0.25) is 4.79 Å². The standard InChI is InChI=1S/C16H22ClNO4S2/c1-12-9-18(10-13(2)22-12)16(19)11-23-7-8-24(20,21)15-5-3-14(17)4-6-15/h3-6,12-13H,7-11H2,1-2H3/t12-,13-/m0/s1. The van der Waals surface area contributed by atoms with Gasteiger partial charge in [-0.2, -0.15) is 11.8 Å². The number of carbonyl (C=O) groups excluding carboxylic acids is 1. The second-order valence-corrected chi connectivity index (χ2v) is 9.53. The van der Waals surface area contributed by atoms with Crippen molar-refractivity contribution in [3.05, 3.63) is 29.3 Å². The predicted octanol–water partition coefficient (Wildman–Crippen LogP) is 2.48. The van der Waals surface area contributed by atoms with Crippen LogP contribution in [0, 0.1) is 0 Å². The lowest BCUT2D eigenvalue weighted by molar-refractivity contribution is -0.140. The molecule has 1 saturated heterocycles. The largest absolute Gasteiger partial charge is 0.372 e. The fraction of sp³-hybridized carbons (Fsp3) is 0.562. The van der Waals surface area contributed by atoms with Crippen LogP contribution in [0.25, 0.3) is 0 Å². The summed E-state index contributed by atoms with van der Waals surface area (Å²) >= 11 is 7.11. The molecule has 0 aliphatic carbocycles. The molecule has 0 spiro atoms. The molecule has 8 heteroatoms. The van der Waals surface area contributed by atoms with E-state index in [4.69, 9.17) is 16.3 Å². The molecule has 0 radical (unpaired) electrons. The van der Waals surface area contributed by atoms with Crippen molar-refractivity contribution in [1.82, 2.24) is 4.90 Å². The fourth-order valence-corrected chi connectivity index (χ4v) is 5.32. The number of benzene rings is 1. The Morgan fingerprint density at radius 1 is 1.25 bits per heavy atom. The lowest BCUT2D eigenvalue weighted by Gasteiger charge is -2.35. The van der Waals surface area contributed by atoms with E-state index in [0.717, 1.165) is 0 Å². The average Bonchev–Trinajstić information content (AvgIpc) is 2.51. The normalized spacial score (nSPS) is 21.7.